The van der Waals surface area contributed by atoms with Gasteiger partial charge in [-0.1, -0.05) is 0 Å². The summed E-state index contributed by atoms with van der Waals surface area (Å²) >= 11 is 0. The average molecular weight is 393 g/mol. The predicted octanol–water partition coefficient (Wildman–Crippen LogP) is 3.79. The minimum Gasteiger partial charge on any atom is -0.454 e. The molecule has 1 fully saturated rings. The Hall–Kier alpha value is -3.10. The molecule has 0 unspecified atom stereocenters. The number of amides is 2. The van der Waals surface area contributed by atoms with Crippen molar-refractivity contribution in [3.63, 3.8) is 0 Å². The number of piperazine rings is 1. The molecule has 4 rings (SSSR count). The van der Waals surface area contributed by atoms with Gasteiger partial charge in [0.2, 0.25) is 6.79 Å². The Bertz CT molecular complexity index is 863. The molecule has 0 saturated carbocycles. The van der Waals surface area contributed by atoms with Crippen LogP contribution in [0.25, 0.3) is 0 Å². The summed E-state index contributed by atoms with van der Waals surface area (Å²) in [7, 11) is 0. The zero-order valence-electron chi connectivity index (χ0n) is 14.8. The molecular formula is C19H18F3N3O3. The summed E-state index contributed by atoms with van der Waals surface area (Å²) in [5, 5.41) is 2.83. The molecule has 0 spiro atoms. The van der Waals surface area contributed by atoms with Crippen LogP contribution >= 0.6 is 0 Å². The van der Waals surface area contributed by atoms with E-state index in [0.717, 1.165) is 12.1 Å². The Kier molecular flexibility index (Phi) is 4.66. The van der Waals surface area contributed by atoms with Gasteiger partial charge in [0.25, 0.3) is 0 Å². The molecule has 6 nitrogen and oxygen atoms in total. The molecule has 2 aromatic carbocycles. The molecule has 0 bridgehead atoms. The summed E-state index contributed by atoms with van der Waals surface area (Å²) < 4.78 is 48.6. The Morgan fingerprint density at radius 2 is 1.61 bits per heavy atom. The van der Waals surface area contributed by atoms with Crippen LogP contribution in [0, 0.1) is 0 Å². The molecule has 2 amide bonds. The lowest BCUT2D eigenvalue weighted by atomic mass is 10.1. The van der Waals surface area contributed by atoms with E-state index in [1.54, 1.807) is 23.1 Å². The molecule has 9 heteroatoms. The highest BCUT2D eigenvalue weighted by atomic mass is 19.4. The monoisotopic (exact) mass is 393 g/mol. The second-order valence-corrected chi connectivity index (χ2v) is 6.52. The number of halogens is 3. The van der Waals surface area contributed by atoms with E-state index in [4.69, 9.17) is 9.47 Å². The number of nitrogens with one attached hydrogen (secondary N) is 1. The highest BCUT2D eigenvalue weighted by molar-refractivity contribution is 5.90. The van der Waals surface area contributed by atoms with Crippen molar-refractivity contribution < 1.29 is 27.4 Å². The molecule has 0 aromatic heterocycles. The Morgan fingerprint density at radius 1 is 0.929 bits per heavy atom. The van der Waals surface area contributed by atoms with Crippen molar-refractivity contribution in [3.8, 4) is 11.5 Å². The largest absolute Gasteiger partial charge is 0.454 e. The number of fused-ring (bicyclic) bond motifs is 1. The third kappa shape index (κ3) is 3.78. The molecule has 1 N–H and O–H groups in total. The fourth-order valence-corrected chi connectivity index (χ4v) is 3.21. The summed E-state index contributed by atoms with van der Waals surface area (Å²) in [5.74, 6) is 1.23. The number of benzene rings is 2. The number of hydrogen-bond acceptors (Lipinski definition) is 4. The highest BCUT2D eigenvalue weighted by Gasteiger charge is 2.30. The number of ether oxygens (including phenoxy) is 2. The van der Waals surface area contributed by atoms with E-state index in [2.05, 4.69) is 5.32 Å². The molecule has 148 valence electrons. The Balaban J connectivity index is 1.33. The number of alkyl halides is 3. The second-order valence-electron chi connectivity index (χ2n) is 6.52. The van der Waals surface area contributed by atoms with Crippen molar-refractivity contribution in [3.05, 3.63) is 48.0 Å². The molecular weight excluding hydrogens is 375 g/mol. The number of carbonyl (C=O) groups excluding carboxylic acids is 1. The first-order valence-corrected chi connectivity index (χ1v) is 8.78. The lowest BCUT2D eigenvalue weighted by Crippen LogP contribution is -2.50. The van der Waals surface area contributed by atoms with Crippen molar-refractivity contribution in [2.45, 2.75) is 6.18 Å². The van der Waals surface area contributed by atoms with Gasteiger partial charge in [-0.05, 0) is 36.4 Å². The Morgan fingerprint density at radius 3 is 2.29 bits per heavy atom. The van der Waals surface area contributed by atoms with E-state index in [1.807, 2.05) is 4.90 Å². The van der Waals surface area contributed by atoms with E-state index >= 15 is 0 Å². The smallest absolute Gasteiger partial charge is 0.416 e. The first-order valence-electron chi connectivity index (χ1n) is 8.78. The molecule has 0 radical (unpaired) electrons. The number of rotatable bonds is 2. The first-order chi connectivity index (χ1) is 13.4. The van der Waals surface area contributed by atoms with E-state index in [9.17, 15) is 18.0 Å². The molecule has 2 heterocycles. The van der Waals surface area contributed by atoms with Crippen LogP contribution in [0.3, 0.4) is 0 Å². The van der Waals surface area contributed by atoms with Gasteiger partial charge in [-0.3, -0.25) is 0 Å². The maximum atomic E-state index is 12.7. The maximum absolute atomic E-state index is 12.7. The highest BCUT2D eigenvalue weighted by Crippen LogP contribution is 2.34. The molecule has 0 atom stereocenters. The van der Waals surface area contributed by atoms with Crippen molar-refractivity contribution in [1.82, 2.24) is 4.90 Å². The van der Waals surface area contributed by atoms with Crippen molar-refractivity contribution in [2.75, 3.05) is 43.2 Å². The minimum atomic E-state index is -4.34. The summed E-state index contributed by atoms with van der Waals surface area (Å²) in [5.41, 5.74) is 0.654. The summed E-state index contributed by atoms with van der Waals surface area (Å²) in [6.45, 7) is 2.19. The number of nitrogens with zero attached hydrogens (tertiary/aromatic N) is 2. The first kappa shape index (κ1) is 18.3. The van der Waals surface area contributed by atoms with Crippen LogP contribution in [0.1, 0.15) is 5.56 Å². The van der Waals surface area contributed by atoms with Gasteiger partial charge in [-0.15, -0.1) is 0 Å². The third-order valence-electron chi connectivity index (χ3n) is 4.75. The lowest BCUT2D eigenvalue weighted by Gasteiger charge is -2.36. The van der Waals surface area contributed by atoms with Crippen LogP contribution in [0.4, 0.5) is 29.3 Å². The summed E-state index contributed by atoms with van der Waals surface area (Å²) in [4.78, 5) is 16.1. The van der Waals surface area contributed by atoms with Gasteiger partial charge in [0, 0.05) is 43.6 Å². The number of carbonyl (C=O) groups is 1. The van der Waals surface area contributed by atoms with Crippen LogP contribution in [0.15, 0.2) is 42.5 Å². The number of anilines is 2. The van der Waals surface area contributed by atoms with Gasteiger partial charge >= 0.3 is 12.2 Å². The third-order valence-corrected chi connectivity index (χ3v) is 4.75. The fraction of sp³-hybridized carbons (Fsp3) is 0.316. The van der Waals surface area contributed by atoms with Gasteiger partial charge in [0.15, 0.2) is 11.5 Å². The van der Waals surface area contributed by atoms with Gasteiger partial charge in [-0.25, -0.2) is 4.79 Å². The quantitative estimate of drug-likeness (QED) is 0.844. The van der Waals surface area contributed by atoms with Crippen molar-refractivity contribution in [2.24, 2.45) is 0 Å². The average Bonchev–Trinajstić information content (AvgIpc) is 3.15. The molecule has 2 aliphatic rings. The second kappa shape index (κ2) is 7.14. The standard InChI is InChI=1S/C19H18F3N3O3/c20-19(21,22)13-1-4-15(5-2-13)24-7-9-25(10-8-24)18(26)23-14-3-6-16-17(11-14)28-12-27-16/h1-6,11H,7-10,12H2,(H,23,26). The predicted molar refractivity (Wildman–Crippen MR) is 96.8 cm³/mol. The molecule has 1 saturated heterocycles. The van der Waals surface area contributed by atoms with E-state index in [-0.39, 0.29) is 12.8 Å². The lowest BCUT2D eigenvalue weighted by molar-refractivity contribution is -0.137. The molecule has 2 aliphatic heterocycles. The molecule has 28 heavy (non-hydrogen) atoms. The summed E-state index contributed by atoms with van der Waals surface area (Å²) in [6.07, 6.45) is -4.34. The normalized spacial score (nSPS) is 16.2. The minimum absolute atomic E-state index is 0.165. The number of urea groups is 1. The van der Waals surface area contributed by atoms with Gasteiger partial charge in [0.1, 0.15) is 0 Å². The van der Waals surface area contributed by atoms with E-state index in [0.29, 0.717) is 49.1 Å². The SMILES string of the molecule is O=C(Nc1ccc2c(c1)OCO2)N1CCN(c2ccc(C(F)(F)F)cc2)CC1. The zero-order chi connectivity index (χ0) is 19.7. The van der Waals surface area contributed by atoms with Crippen LogP contribution in [0.5, 0.6) is 11.5 Å². The fourth-order valence-electron chi connectivity index (χ4n) is 3.21. The van der Waals surface area contributed by atoms with Crippen LogP contribution in [0.2, 0.25) is 0 Å². The number of hydrogen-bond donors (Lipinski definition) is 1. The van der Waals surface area contributed by atoms with Crippen LogP contribution in [-0.4, -0.2) is 43.9 Å². The Labute approximate surface area is 159 Å². The molecule has 0 aliphatic carbocycles. The maximum Gasteiger partial charge on any atom is 0.416 e. The topological polar surface area (TPSA) is 54.0 Å². The van der Waals surface area contributed by atoms with Crippen LogP contribution < -0.4 is 19.7 Å². The van der Waals surface area contributed by atoms with Crippen molar-refractivity contribution in [1.29, 1.82) is 0 Å². The van der Waals surface area contributed by atoms with Crippen LogP contribution in [-0.2, 0) is 6.18 Å². The molecule has 2 aromatic rings. The van der Waals surface area contributed by atoms with E-state index < -0.39 is 11.7 Å². The summed E-state index contributed by atoms with van der Waals surface area (Å²) in [6, 6.07) is 10.0. The van der Waals surface area contributed by atoms with Gasteiger partial charge < -0.3 is 24.6 Å². The van der Waals surface area contributed by atoms with Gasteiger partial charge in [-0.2, -0.15) is 13.2 Å². The zero-order valence-corrected chi connectivity index (χ0v) is 14.8. The van der Waals surface area contributed by atoms with E-state index in [1.165, 1.54) is 12.1 Å². The van der Waals surface area contributed by atoms with Gasteiger partial charge in [0.05, 0.1) is 5.56 Å². The van der Waals surface area contributed by atoms with Crippen molar-refractivity contribution >= 4 is 17.4 Å².